The number of carboxylic acids is 2. The van der Waals surface area contributed by atoms with Gasteiger partial charge in [-0.05, 0) is 11.1 Å². The highest BCUT2D eigenvalue weighted by atomic mass is 16.4. The number of nitrogen functional groups attached to an aromatic ring is 1. The van der Waals surface area contributed by atoms with Gasteiger partial charge in [-0.15, -0.1) is 0 Å². The van der Waals surface area contributed by atoms with Crippen molar-refractivity contribution in [1.29, 1.82) is 0 Å². The van der Waals surface area contributed by atoms with Gasteiger partial charge in [0.2, 0.25) is 0 Å². The topological polar surface area (TPSA) is 101 Å². The van der Waals surface area contributed by atoms with Crippen LogP contribution in [0.15, 0.2) is 18.2 Å². The molecule has 0 radical (unpaired) electrons. The molecule has 0 saturated carbocycles. The van der Waals surface area contributed by atoms with E-state index >= 15 is 0 Å². The third kappa shape index (κ3) is 2.98. The summed E-state index contributed by atoms with van der Waals surface area (Å²) in [6.45, 7) is 0. The van der Waals surface area contributed by atoms with Crippen molar-refractivity contribution in [3.63, 3.8) is 0 Å². The molecule has 1 aromatic rings. The second kappa shape index (κ2) is 4.45. The molecule has 0 aliphatic rings. The first-order chi connectivity index (χ1) is 7.00. The van der Waals surface area contributed by atoms with Gasteiger partial charge in [-0.1, -0.05) is 18.2 Å². The molecular weight excluding hydrogens is 198 g/mol. The first kappa shape index (κ1) is 11.0. The van der Waals surface area contributed by atoms with Gasteiger partial charge in [0.05, 0.1) is 12.8 Å². The molecule has 5 heteroatoms. The van der Waals surface area contributed by atoms with Gasteiger partial charge in [-0.3, -0.25) is 9.59 Å². The monoisotopic (exact) mass is 209 g/mol. The average Bonchev–Trinajstić information content (AvgIpc) is 2.10. The maximum Gasteiger partial charge on any atom is 0.307 e. The van der Waals surface area contributed by atoms with Gasteiger partial charge < -0.3 is 15.9 Å². The normalized spacial score (nSPS) is 9.87. The molecule has 1 aromatic carbocycles. The minimum atomic E-state index is -0.992. The molecule has 0 amide bonds. The highest BCUT2D eigenvalue weighted by Gasteiger charge is 2.10. The number of para-hydroxylation sites is 1. The smallest absolute Gasteiger partial charge is 0.307 e. The number of carbonyl (C=O) groups is 2. The zero-order valence-corrected chi connectivity index (χ0v) is 7.93. The van der Waals surface area contributed by atoms with Crippen LogP contribution in [0.2, 0.25) is 0 Å². The van der Waals surface area contributed by atoms with Crippen molar-refractivity contribution in [1.82, 2.24) is 0 Å². The van der Waals surface area contributed by atoms with E-state index in [1.807, 2.05) is 0 Å². The van der Waals surface area contributed by atoms with Gasteiger partial charge in [0, 0.05) is 5.69 Å². The second-order valence-electron chi connectivity index (χ2n) is 3.13. The maximum absolute atomic E-state index is 10.5. The second-order valence-corrected chi connectivity index (χ2v) is 3.13. The van der Waals surface area contributed by atoms with Crippen LogP contribution in [0.25, 0.3) is 0 Å². The lowest BCUT2D eigenvalue weighted by Crippen LogP contribution is -2.08. The fraction of sp³-hybridized carbons (Fsp3) is 0.200. The Labute approximate surface area is 86.1 Å². The predicted molar refractivity (Wildman–Crippen MR) is 53.5 cm³/mol. The molecule has 0 unspecified atom stereocenters. The largest absolute Gasteiger partial charge is 0.481 e. The lowest BCUT2D eigenvalue weighted by atomic mass is 10.0. The standard InChI is InChI=1S/C10H11NO4/c11-10-6(4-8(12)13)2-1-3-7(10)5-9(14)15/h1-3H,4-5,11H2,(H,12,13)(H,14,15). The van der Waals surface area contributed by atoms with Crippen LogP contribution in [0.3, 0.4) is 0 Å². The molecule has 80 valence electrons. The summed E-state index contributed by atoms with van der Waals surface area (Å²) in [4.78, 5) is 21.0. The minimum absolute atomic E-state index is 0.195. The molecule has 0 atom stereocenters. The molecule has 0 bridgehead atoms. The average molecular weight is 209 g/mol. The van der Waals surface area contributed by atoms with E-state index in [1.165, 1.54) is 0 Å². The van der Waals surface area contributed by atoms with Crippen molar-refractivity contribution >= 4 is 17.6 Å². The third-order valence-corrected chi connectivity index (χ3v) is 1.97. The zero-order chi connectivity index (χ0) is 11.4. The van der Waals surface area contributed by atoms with Crippen LogP contribution < -0.4 is 5.73 Å². The van der Waals surface area contributed by atoms with Crippen molar-refractivity contribution in [2.45, 2.75) is 12.8 Å². The van der Waals surface area contributed by atoms with Gasteiger partial charge in [0.25, 0.3) is 0 Å². The summed E-state index contributed by atoms with van der Waals surface area (Å²) >= 11 is 0. The molecule has 0 aromatic heterocycles. The summed E-state index contributed by atoms with van der Waals surface area (Å²) in [5, 5.41) is 17.2. The molecule has 0 saturated heterocycles. The number of anilines is 1. The Balaban J connectivity index is 2.99. The summed E-state index contributed by atoms with van der Waals surface area (Å²) in [5.74, 6) is -1.98. The quantitative estimate of drug-likeness (QED) is 0.628. The van der Waals surface area contributed by atoms with Crippen LogP contribution in [0.5, 0.6) is 0 Å². The van der Waals surface area contributed by atoms with Crippen molar-refractivity contribution in [3.8, 4) is 0 Å². The molecule has 0 aliphatic heterocycles. The first-order valence-corrected chi connectivity index (χ1v) is 4.30. The summed E-state index contributed by atoms with van der Waals surface area (Å²) in [6, 6.07) is 4.76. The highest BCUT2D eigenvalue weighted by Crippen LogP contribution is 2.18. The fourth-order valence-corrected chi connectivity index (χ4v) is 1.30. The van der Waals surface area contributed by atoms with Crippen LogP contribution in [-0.4, -0.2) is 22.2 Å². The molecule has 0 aliphatic carbocycles. The first-order valence-electron chi connectivity index (χ1n) is 4.30. The Morgan fingerprint density at radius 1 is 1.07 bits per heavy atom. The number of hydrogen-bond donors (Lipinski definition) is 3. The minimum Gasteiger partial charge on any atom is -0.481 e. The molecule has 0 fully saturated rings. The lowest BCUT2D eigenvalue weighted by Gasteiger charge is -2.07. The Morgan fingerprint density at radius 2 is 1.47 bits per heavy atom. The van der Waals surface area contributed by atoms with Crippen LogP contribution in [0, 0.1) is 0 Å². The fourth-order valence-electron chi connectivity index (χ4n) is 1.30. The van der Waals surface area contributed by atoms with Gasteiger partial charge in [-0.2, -0.15) is 0 Å². The van der Waals surface area contributed by atoms with Crippen molar-refractivity contribution in [3.05, 3.63) is 29.3 Å². The lowest BCUT2D eigenvalue weighted by molar-refractivity contribution is -0.137. The van der Waals surface area contributed by atoms with Gasteiger partial charge in [0.1, 0.15) is 0 Å². The summed E-state index contributed by atoms with van der Waals surface area (Å²) in [5.41, 5.74) is 6.80. The van der Waals surface area contributed by atoms with E-state index in [9.17, 15) is 9.59 Å². The maximum atomic E-state index is 10.5. The zero-order valence-electron chi connectivity index (χ0n) is 7.93. The summed E-state index contributed by atoms with van der Waals surface area (Å²) < 4.78 is 0. The van der Waals surface area contributed by atoms with E-state index in [1.54, 1.807) is 18.2 Å². The van der Waals surface area contributed by atoms with Crippen molar-refractivity contribution < 1.29 is 19.8 Å². The van der Waals surface area contributed by atoms with E-state index in [0.717, 1.165) is 0 Å². The number of hydrogen-bond acceptors (Lipinski definition) is 3. The summed E-state index contributed by atoms with van der Waals surface area (Å²) in [6.07, 6.45) is -0.390. The predicted octanol–water partition coefficient (Wildman–Crippen LogP) is 0.523. The van der Waals surface area contributed by atoms with E-state index in [2.05, 4.69) is 0 Å². The van der Waals surface area contributed by atoms with Crippen molar-refractivity contribution in [2.75, 3.05) is 5.73 Å². The Kier molecular flexibility index (Phi) is 3.28. The van der Waals surface area contributed by atoms with E-state index < -0.39 is 11.9 Å². The van der Waals surface area contributed by atoms with Crippen LogP contribution in [0.4, 0.5) is 5.69 Å². The highest BCUT2D eigenvalue weighted by molar-refractivity contribution is 5.77. The third-order valence-electron chi connectivity index (χ3n) is 1.97. The van der Waals surface area contributed by atoms with E-state index in [0.29, 0.717) is 11.1 Å². The number of nitrogens with two attached hydrogens (primary N) is 1. The van der Waals surface area contributed by atoms with E-state index in [4.69, 9.17) is 15.9 Å². The van der Waals surface area contributed by atoms with Crippen LogP contribution in [-0.2, 0) is 22.4 Å². The molecule has 1 rings (SSSR count). The van der Waals surface area contributed by atoms with E-state index in [-0.39, 0.29) is 18.5 Å². The number of rotatable bonds is 4. The molecule has 5 nitrogen and oxygen atoms in total. The molecule has 15 heavy (non-hydrogen) atoms. The van der Waals surface area contributed by atoms with Crippen LogP contribution in [0.1, 0.15) is 11.1 Å². The Morgan fingerprint density at radius 3 is 1.80 bits per heavy atom. The Bertz CT molecular complexity index is 366. The summed E-state index contributed by atoms with van der Waals surface area (Å²) in [7, 11) is 0. The van der Waals surface area contributed by atoms with Crippen molar-refractivity contribution in [2.24, 2.45) is 0 Å². The van der Waals surface area contributed by atoms with Gasteiger partial charge in [-0.25, -0.2) is 0 Å². The van der Waals surface area contributed by atoms with Crippen LogP contribution >= 0.6 is 0 Å². The number of aliphatic carboxylic acids is 2. The molecular formula is C10H11NO4. The number of carboxylic acid groups (broad SMARTS) is 2. The molecule has 0 spiro atoms. The Hall–Kier alpha value is -2.04. The molecule has 0 heterocycles. The van der Waals surface area contributed by atoms with Gasteiger partial charge >= 0.3 is 11.9 Å². The number of benzene rings is 1. The van der Waals surface area contributed by atoms with Gasteiger partial charge in [0.15, 0.2) is 0 Å². The molecule has 4 N–H and O–H groups in total. The SMILES string of the molecule is Nc1c(CC(=O)O)cccc1CC(=O)O.